The van der Waals surface area contributed by atoms with E-state index in [1.165, 1.54) is 11.1 Å². The Bertz CT molecular complexity index is 691. The Morgan fingerprint density at radius 1 is 1.27 bits per heavy atom. The second kappa shape index (κ2) is 10.6. The number of unbranched alkanes of at least 4 members (excludes halogenated alkanes) is 1. The maximum atomic E-state index is 4.72. The van der Waals surface area contributed by atoms with E-state index in [2.05, 4.69) is 77.4 Å². The summed E-state index contributed by atoms with van der Waals surface area (Å²) >= 11 is 0. The first kappa shape index (κ1) is 19.9. The molecule has 0 saturated heterocycles. The van der Waals surface area contributed by atoms with E-state index in [4.69, 9.17) is 4.99 Å². The van der Waals surface area contributed by atoms with Gasteiger partial charge in [-0.1, -0.05) is 44.5 Å². The molecule has 0 aliphatic heterocycles. The summed E-state index contributed by atoms with van der Waals surface area (Å²) in [6.45, 7) is 11.0. The van der Waals surface area contributed by atoms with Crippen molar-refractivity contribution in [3.63, 3.8) is 0 Å². The van der Waals surface area contributed by atoms with E-state index in [1.54, 1.807) is 6.33 Å². The van der Waals surface area contributed by atoms with Crippen LogP contribution in [0.2, 0.25) is 0 Å². The third-order valence-electron chi connectivity index (χ3n) is 4.45. The monoisotopic (exact) mass is 356 g/mol. The largest absolute Gasteiger partial charge is 0.355 e. The molecule has 2 aromatic rings. The third kappa shape index (κ3) is 5.86. The van der Waals surface area contributed by atoms with E-state index in [-0.39, 0.29) is 6.04 Å². The van der Waals surface area contributed by atoms with Crippen LogP contribution in [0.4, 0.5) is 0 Å². The molecule has 0 bridgehead atoms. The predicted octanol–water partition coefficient (Wildman–Crippen LogP) is 3.25. The lowest BCUT2D eigenvalue weighted by molar-refractivity contribution is 0.617. The van der Waals surface area contributed by atoms with Gasteiger partial charge in [-0.15, -0.1) is 10.2 Å². The number of nitrogens with one attached hydrogen (secondary N) is 2. The normalized spacial score (nSPS) is 12.8. The molecule has 0 saturated carbocycles. The van der Waals surface area contributed by atoms with Gasteiger partial charge in [0.05, 0.1) is 6.04 Å². The molecule has 26 heavy (non-hydrogen) atoms. The van der Waals surface area contributed by atoms with Crippen LogP contribution in [0.15, 0.2) is 35.6 Å². The van der Waals surface area contributed by atoms with E-state index >= 15 is 0 Å². The molecule has 1 atom stereocenters. The van der Waals surface area contributed by atoms with Gasteiger partial charge in [-0.05, 0) is 31.4 Å². The van der Waals surface area contributed by atoms with Crippen LogP contribution in [0.25, 0.3) is 0 Å². The molecule has 142 valence electrons. The molecule has 1 heterocycles. The number of aliphatic imine (C=N–C) groups is 1. The molecule has 2 N–H and O–H groups in total. The van der Waals surface area contributed by atoms with Gasteiger partial charge in [-0.3, -0.25) is 4.99 Å². The van der Waals surface area contributed by atoms with Gasteiger partial charge >= 0.3 is 0 Å². The number of aryl methyl sites for hydroxylation is 2. The second-order valence-corrected chi connectivity index (χ2v) is 6.53. The highest BCUT2D eigenvalue weighted by Gasteiger charge is 2.10. The number of nitrogens with zero attached hydrogens (tertiary/aromatic N) is 4. The van der Waals surface area contributed by atoms with Crippen molar-refractivity contribution in [1.82, 2.24) is 25.4 Å². The Morgan fingerprint density at radius 2 is 2.08 bits per heavy atom. The van der Waals surface area contributed by atoms with E-state index in [0.29, 0.717) is 0 Å². The summed E-state index contributed by atoms with van der Waals surface area (Å²) in [4.78, 5) is 4.72. The molecule has 6 nitrogen and oxygen atoms in total. The Kier molecular flexibility index (Phi) is 8.12. The number of guanidine groups is 1. The van der Waals surface area contributed by atoms with Gasteiger partial charge < -0.3 is 15.2 Å². The summed E-state index contributed by atoms with van der Waals surface area (Å²) in [6.07, 6.45) is 4.92. The predicted molar refractivity (Wildman–Crippen MR) is 107 cm³/mol. The molecular weight excluding hydrogens is 324 g/mol. The highest BCUT2D eigenvalue weighted by molar-refractivity contribution is 5.80. The van der Waals surface area contributed by atoms with Crippen LogP contribution in [0, 0.1) is 6.92 Å². The molecule has 0 radical (unpaired) electrons. The van der Waals surface area contributed by atoms with Crippen LogP contribution in [0.1, 0.15) is 56.6 Å². The van der Waals surface area contributed by atoms with Crippen molar-refractivity contribution in [3.05, 3.63) is 47.5 Å². The van der Waals surface area contributed by atoms with Crippen LogP contribution < -0.4 is 10.6 Å². The first-order valence-electron chi connectivity index (χ1n) is 9.62. The third-order valence-corrected chi connectivity index (χ3v) is 4.45. The molecule has 1 aromatic heterocycles. The Labute approximate surface area is 157 Å². The molecule has 1 aromatic carbocycles. The van der Waals surface area contributed by atoms with Gasteiger partial charge in [0.1, 0.15) is 12.2 Å². The molecule has 6 heteroatoms. The molecule has 0 spiro atoms. The molecule has 1 unspecified atom stereocenters. The van der Waals surface area contributed by atoms with Crippen LogP contribution in [0.5, 0.6) is 0 Å². The number of aromatic nitrogens is 3. The van der Waals surface area contributed by atoms with Crippen molar-refractivity contribution in [2.75, 3.05) is 13.1 Å². The number of hydrogen-bond donors (Lipinski definition) is 2. The van der Waals surface area contributed by atoms with Crippen LogP contribution in [-0.4, -0.2) is 33.8 Å². The molecule has 0 fully saturated rings. The van der Waals surface area contributed by atoms with Gasteiger partial charge in [-0.25, -0.2) is 0 Å². The Balaban J connectivity index is 1.97. The zero-order valence-corrected chi connectivity index (χ0v) is 16.5. The maximum Gasteiger partial charge on any atom is 0.191 e. The van der Waals surface area contributed by atoms with Crippen molar-refractivity contribution >= 4 is 5.96 Å². The van der Waals surface area contributed by atoms with Gasteiger partial charge in [0.15, 0.2) is 5.96 Å². The molecule has 2 rings (SSSR count). The van der Waals surface area contributed by atoms with Gasteiger partial charge in [0.2, 0.25) is 0 Å². The zero-order valence-electron chi connectivity index (χ0n) is 16.5. The lowest BCUT2D eigenvalue weighted by Crippen LogP contribution is -2.40. The van der Waals surface area contributed by atoms with Crippen molar-refractivity contribution in [3.8, 4) is 0 Å². The summed E-state index contributed by atoms with van der Waals surface area (Å²) in [5.74, 6) is 1.87. The number of hydrogen-bond acceptors (Lipinski definition) is 3. The molecule has 0 aliphatic rings. The minimum absolute atomic E-state index is 0.199. The number of benzene rings is 1. The first-order valence-corrected chi connectivity index (χ1v) is 9.62. The Hall–Kier alpha value is -2.37. The van der Waals surface area contributed by atoms with E-state index in [1.807, 2.05) is 0 Å². The molecular formula is C20H32N6. The summed E-state index contributed by atoms with van der Waals surface area (Å²) in [5, 5.41) is 15.1. The molecule has 0 amide bonds. The quantitative estimate of drug-likeness (QED) is 0.411. The fourth-order valence-corrected chi connectivity index (χ4v) is 2.89. The average Bonchev–Trinajstić information content (AvgIpc) is 3.09. The first-order chi connectivity index (χ1) is 12.7. The van der Waals surface area contributed by atoms with Crippen molar-refractivity contribution in [2.24, 2.45) is 4.99 Å². The second-order valence-electron chi connectivity index (χ2n) is 6.53. The fraction of sp³-hybridized carbons (Fsp3) is 0.550. The van der Waals surface area contributed by atoms with Crippen LogP contribution in [0.3, 0.4) is 0 Å². The van der Waals surface area contributed by atoms with Crippen molar-refractivity contribution in [1.29, 1.82) is 0 Å². The van der Waals surface area contributed by atoms with Gasteiger partial charge in [-0.2, -0.15) is 0 Å². The summed E-state index contributed by atoms with van der Waals surface area (Å²) in [6, 6.07) is 8.67. The van der Waals surface area contributed by atoms with Crippen LogP contribution >= 0.6 is 0 Å². The summed E-state index contributed by atoms with van der Waals surface area (Å²) in [7, 11) is 0. The van der Waals surface area contributed by atoms with E-state index in [0.717, 1.165) is 50.7 Å². The van der Waals surface area contributed by atoms with E-state index in [9.17, 15) is 0 Å². The fourth-order valence-electron chi connectivity index (χ4n) is 2.89. The van der Waals surface area contributed by atoms with Gasteiger partial charge in [0, 0.05) is 26.1 Å². The smallest absolute Gasteiger partial charge is 0.191 e. The van der Waals surface area contributed by atoms with Crippen LogP contribution in [-0.2, 0) is 13.0 Å². The van der Waals surface area contributed by atoms with Gasteiger partial charge in [0.25, 0.3) is 0 Å². The van der Waals surface area contributed by atoms with E-state index < -0.39 is 0 Å². The minimum Gasteiger partial charge on any atom is -0.355 e. The Morgan fingerprint density at radius 3 is 2.81 bits per heavy atom. The highest BCUT2D eigenvalue weighted by Crippen LogP contribution is 2.16. The molecule has 0 aliphatic carbocycles. The minimum atomic E-state index is 0.199. The topological polar surface area (TPSA) is 67.1 Å². The average molecular weight is 357 g/mol. The number of rotatable bonds is 9. The lowest BCUT2D eigenvalue weighted by atomic mass is 10.0. The maximum absolute atomic E-state index is 4.72. The summed E-state index contributed by atoms with van der Waals surface area (Å²) in [5.41, 5.74) is 2.59. The highest BCUT2D eigenvalue weighted by atomic mass is 15.3. The SMILES string of the molecule is CCCCN=C(NCCn1cnnc1CC)NC(C)c1ccccc1C. The summed E-state index contributed by atoms with van der Waals surface area (Å²) < 4.78 is 2.08. The standard InChI is InChI=1S/C20H32N6/c1-5-7-12-21-20(22-13-14-26-15-23-25-19(26)6-2)24-17(4)18-11-9-8-10-16(18)3/h8-11,15,17H,5-7,12-14H2,1-4H3,(H2,21,22,24). The zero-order chi connectivity index (χ0) is 18.8. The lowest BCUT2D eigenvalue weighted by Gasteiger charge is -2.20. The van der Waals surface area contributed by atoms with Crippen molar-refractivity contribution < 1.29 is 0 Å². The van der Waals surface area contributed by atoms with Crippen molar-refractivity contribution in [2.45, 2.75) is 59.5 Å².